The summed E-state index contributed by atoms with van der Waals surface area (Å²) in [6.07, 6.45) is 0.909. The van der Waals surface area contributed by atoms with Crippen molar-refractivity contribution in [3.8, 4) is 11.5 Å². The summed E-state index contributed by atoms with van der Waals surface area (Å²) >= 11 is 0. The first-order valence-corrected chi connectivity index (χ1v) is 12.1. The number of likely N-dealkylation sites (tertiary alicyclic amines) is 1. The number of ether oxygens (including phenoxy) is 2. The Morgan fingerprint density at radius 1 is 1.11 bits per heavy atom. The van der Waals surface area contributed by atoms with Crippen LogP contribution in [0.15, 0.2) is 48.0 Å². The molecule has 188 valence electrons. The zero-order valence-electron chi connectivity index (χ0n) is 21.5. The molecule has 2 aromatic rings. The number of ketones is 1. The molecule has 3 rings (SSSR count). The van der Waals surface area contributed by atoms with Gasteiger partial charge in [-0.25, -0.2) is 0 Å². The largest absolute Gasteiger partial charge is 0.507 e. The summed E-state index contributed by atoms with van der Waals surface area (Å²) in [6.45, 7) is 9.36. The molecule has 1 unspecified atom stereocenters. The molecule has 1 atom stereocenters. The number of likely N-dealkylation sites (N-methyl/N-ethyl adjacent to an activating group) is 1. The fraction of sp³-hybridized carbons (Fsp3) is 0.429. The monoisotopic (exact) mass is 480 g/mol. The summed E-state index contributed by atoms with van der Waals surface area (Å²) in [5, 5.41) is 11.3. The molecule has 1 amide bonds. The van der Waals surface area contributed by atoms with Crippen molar-refractivity contribution in [2.24, 2.45) is 0 Å². The summed E-state index contributed by atoms with van der Waals surface area (Å²) in [5.74, 6) is -0.0514. The summed E-state index contributed by atoms with van der Waals surface area (Å²) in [5.41, 5.74) is 2.13. The Morgan fingerprint density at radius 3 is 2.37 bits per heavy atom. The van der Waals surface area contributed by atoms with Gasteiger partial charge in [-0.1, -0.05) is 19.1 Å². The minimum atomic E-state index is -0.693. The smallest absolute Gasteiger partial charge is 0.295 e. The maximum atomic E-state index is 13.2. The van der Waals surface area contributed by atoms with Gasteiger partial charge in [-0.3, -0.25) is 9.59 Å². The minimum Gasteiger partial charge on any atom is -0.507 e. The van der Waals surface area contributed by atoms with Crippen LogP contribution in [0.2, 0.25) is 0 Å². The van der Waals surface area contributed by atoms with Crippen molar-refractivity contribution < 1.29 is 24.2 Å². The maximum absolute atomic E-state index is 13.2. The van der Waals surface area contributed by atoms with E-state index in [0.717, 1.165) is 23.3 Å². The molecule has 2 aromatic carbocycles. The highest BCUT2D eigenvalue weighted by atomic mass is 16.5. The number of aryl methyl sites for hydroxylation is 1. The molecule has 1 aliphatic heterocycles. The molecule has 1 saturated heterocycles. The van der Waals surface area contributed by atoms with E-state index in [4.69, 9.17) is 9.47 Å². The van der Waals surface area contributed by atoms with Gasteiger partial charge in [0.2, 0.25) is 0 Å². The Labute approximate surface area is 207 Å². The standard InChI is InChI=1S/C28H36N2O5/c1-7-16-34-22-11-8-20(9-12-22)25-24(27(32)28(33)30(25)15-14-29(5)6)26(31)21-10-13-23(19(4)17-21)35-18(2)3/h8-13,17-18,25,31H,7,14-16H2,1-6H3/b26-24-. The molecule has 0 spiro atoms. The van der Waals surface area contributed by atoms with E-state index in [0.29, 0.717) is 31.0 Å². The van der Waals surface area contributed by atoms with Crippen LogP contribution in [0.25, 0.3) is 5.76 Å². The lowest BCUT2D eigenvalue weighted by Crippen LogP contribution is -2.35. The Bertz CT molecular complexity index is 1090. The Morgan fingerprint density at radius 2 is 1.80 bits per heavy atom. The van der Waals surface area contributed by atoms with Crippen molar-refractivity contribution in [3.63, 3.8) is 0 Å². The predicted molar refractivity (Wildman–Crippen MR) is 137 cm³/mol. The van der Waals surface area contributed by atoms with Crippen LogP contribution < -0.4 is 9.47 Å². The van der Waals surface area contributed by atoms with Crippen molar-refractivity contribution in [1.82, 2.24) is 9.80 Å². The van der Waals surface area contributed by atoms with Crippen LogP contribution >= 0.6 is 0 Å². The molecule has 0 radical (unpaired) electrons. The van der Waals surface area contributed by atoms with E-state index in [-0.39, 0.29) is 17.4 Å². The van der Waals surface area contributed by atoms with E-state index in [1.165, 1.54) is 0 Å². The number of rotatable bonds is 10. The second-order valence-corrected chi connectivity index (χ2v) is 9.36. The lowest BCUT2D eigenvalue weighted by molar-refractivity contribution is -0.140. The van der Waals surface area contributed by atoms with Gasteiger partial charge in [-0.05, 0) is 82.7 Å². The Hall–Kier alpha value is -3.32. The summed E-state index contributed by atoms with van der Waals surface area (Å²) in [4.78, 5) is 29.8. The second-order valence-electron chi connectivity index (χ2n) is 9.36. The fourth-order valence-electron chi connectivity index (χ4n) is 4.07. The van der Waals surface area contributed by atoms with Gasteiger partial charge < -0.3 is 24.4 Å². The number of hydrogen-bond acceptors (Lipinski definition) is 6. The molecule has 1 heterocycles. The van der Waals surface area contributed by atoms with Crippen molar-refractivity contribution in [2.45, 2.75) is 46.3 Å². The molecule has 0 aromatic heterocycles. The summed E-state index contributed by atoms with van der Waals surface area (Å²) < 4.78 is 11.5. The number of hydrogen-bond donors (Lipinski definition) is 1. The van der Waals surface area contributed by atoms with Crippen molar-refractivity contribution in [2.75, 3.05) is 33.8 Å². The van der Waals surface area contributed by atoms with Crippen LogP contribution in [0, 0.1) is 6.92 Å². The highest BCUT2D eigenvalue weighted by Crippen LogP contribution is 2.40. The van der Waals surface area contributed by atoms with Crippen LogP contribution in [0.4, 0.5) is 0 Å². The molecule has 1 aliphatic rings. The highest BCUT2D eigenvalue weighted by Gasteiger charge is 2.45. The van der Waals surface area contributed by atoms with E-state index in [9.17, 15) is 14.7 Å². The first-order chi connectivity index (χ1) is 16.6. The third-order valence-corrected chi connectivity index (χ3v) is 5.81. The lowest BCUT2D eigenvalue weighted by atomic mass is 9.94. The van der Waals surface area contributed by atoms with Gasteiger partial charge in [0.25, 0.3) is 11.7 Å². The maximum Gasteiger partial charge on any atom is 0.295 e. The molecule has 7 nitrogen and oxygen atoms in total. The second kappa shape index (κ2) is 11.4. The zero-order valence-corrected chi connectivity index (χ0v) is 21.5. The molecule has 7 heteroatoms. The summed E-state index contributed by atoms with van der Waals surface area (Å²) in [7, 11) is 3.82. The van der Waals surface area contributed by atoms with Gasteiger partial charge in [-0.15, -0.1) is 0 Å². The number of carbonyl (C=O) groups excluding carboxylic acids is 2. The topological polar surface area (TPSA) is 79.3 Å². The normalized spacial score (nSPS) is 17.5. The molecular formula is C28H36N2O5. The lowest BCUT2D eigenvalue weighted by Gasteiger charge is -2.26. The first kappa shape index (κ1) is 26.3. The predicted octanol–water partition coefficient (Wildman–Crippen LogP) is 4.55. The van der Waals surface area contributed by atoms with E-state index < -0.39 is 17.7 Å². The van der Waals surface area contributed by atoms with E-state index in [1.807, 2.05) is 71.0 Å². The van der Waals surface area contributed by atoms with Gasteiger partial charge in [-0.2, -0.15) is 0 Å². The number of aliphatic hydroxyl groups excluding tert-OH is 1. The van der Waals surface area contributed by atoms with Crippen molar-refractivity contribution in [3.05, 3.63) is 64.7 Å². The van der Waals surface area contributed by atoms with Crippen LogP contribution in [0.1, 0.15) is 49.9 Å². The van der Waals surface area contributed by atoms with Crippen molar-refractivity contribution in [1.29, 1.82) is 0 Å². The number of benzene rings is 2. The van der Waals surface area contributed by atoms with Crippen LogP contribution in [0.3, 0.4) is 0 Å². The average Bonchev–Trinajstić information content (AvgIpc) is 3.07. The highest BCUT2D eigenvalue weighted by molar-refractivity contribution is 6.46. The number of aliphatic hydroxyl groups is 1. The number of amides is 1. The third kappa shape index (κ3) is 6.03. The van der Waals surface area contributed by atoms with Gasteiger partial charge in [0.15, 0.2) is 0 Å². The third-order valence-electron chi connectivity index (χ3n) is 5.81. The fourth-order valence-corrected chi connectivity index (χ4v) is 4.07. The van der Waals surface area contributed by atoms with Gasteiger partial charge >= 0.3 is 0 Å². The molecule has 35 heavy (non-hydrogen) atoms. The number of carbonyl (C=O) groups is 2. The number of Topliss-reactive ketones (excluding diaryl/α,β-unsaturated/α-hetero) is 1. The van der Waals surface area contributed by atoms with Gasteiger partial charge in [0, 0.05) is 18.7 Å². The SMILES string of the molecule is CCCOc1ccc(C2/C(=C(/O)c3ccc(OC(C)C)c(C)c3)C(=O)C(=O)N2CCN(C)C)cc1. The quantitative estimate of drug-likeness (QED) is 0.305. The Balaban J connectivity index is 2.07. The molecule has 0 aliphatic carbocycles. The van der Waals surface area contributed by atoms with Crippen LogP contribution in [-0.4, -0.2) is 66.5 Å². The number of nitrogens with zero attached hydrogens (tertiary/aromatic N) is 2. The Kier molecular flexibility index (Phi) is 8.57. The molecular weight excluding hydrogens is 444 g/mol. The zero-order chi connectivity index (χ0) is 25.7. The van der Waals surface area contributed by atoms with E-state index in [1.54, 1.807) is 23.1 Å². The van der Waals surface area contributed by atoms with Crippen LogP contribution in [0.5, 0.6) is 11.5 Å². The molecule has 0 saturated carbocycles. The first-order valence-electron chi connectivity index (χ1n) is 12.1. The van der Waals surface area contributed by atoms with E-state index in [2.05, 4.69) is 0 Å². The summed E-state index contributed by atoms with van der Waals surface area (Å²) in [6, 6.07) is 11.9. The van der Waals surface area contributed by atoms with Crippen molar-refractivity contribution >= 4 is 17.4 Å². The van der Waals surface area contributed by atoms with Crippen LogP contribution in [-0.2, 0) is 9.59 Å². The van der Waals surface area contributed by atoms with E-state index >= 15 is 0 Å². The minimum absolute atomic E-state index is 0.0134. The molecule has 1 N–H and O–H groups in total. The molecule has 0 bridgehead atoms. The van der Waals surface area contributed by atoms with Gasteiger partial charge in [0.05, 0.1) is 24.3 Å². The average molecular weight is 481 g/mol. The molecule has 1 fully saturated rings. The van der Waals surface area contributed by atoms with Gasteiger partial charge in [0.1, 0.15) is 17.3 Å².